The van der Waals surface area contributed by atoms with Crippen LogP contribution in [0.2, 0.25) is 0 Å². The number of aromatic nitrogens is 1. The lowest BCUT2D eigenvalue weighted by Crippen LogP contribution is -2.45. The van der Waals surface area contributed by atoms with Crippen LogP contribution in [0.4, 0.5) is 0 Å². The number of amides is 1. The molecule has 2 atom stereocenters. The normalized spacial score (nSPS) is 13.7. The van der Waals surface area contributed by atoms with Gasteiger partial charge in [-0.05, 0) is 25.0 Å². The zero-order valence-electron chi connectivity index (χ0n) is 11.5. The summed E-state index contributed by atoms with van der Waals surface area (Å²) in [5.41, 5.74) is 8.07. The van der Waals surface area contributed by atoms with Gasteiger partial charge >= 0.3 is 0 Å². The topological polar surface area (TPSA) is 70.9 Å². The number of rotatable bonds is 5. The van der Waals surface area contributed by atoms with Crippen molar-refractivity contribution >= 4 is 16.8 Å². The molecular weight excluding hydrogens is 250 g/mol. The maximum Gasteiger partial charge on any atom is 0.237 e. The average Bonchev–Trinajstić information content (AvgIpc) is 2.82. The van der Waals surface area contributed by atoms with Crippen LogP contribution in [0, 0.1) is 12.3 Å². The lowest BCUT2D eigenvalue weighted by atomic mass is 10.0. The van der Waals surface area contributed by atoms with Gasteiger partial charge in [0.2, 0.25) is 5.91 Å². The van der Waals surface area contributed by atoms with Crippen molar-refractivity contribution in [2.45, 2.75) is 31.8 Å². The van der Waals surface area contributed by atoms with Crippen molar-refractivity contribution in [1.29, 1.82) is 0 Å². The highest BCUT2D eigenvalue weighted by atomic mass is 16.2. The molecule has 0 spiro atoms. The van der Waals surface area contributed by atoms with Crippen molar-refractivity contribution in [2.24, 2.45) is 5.73 Å². The van der Waals surface area contributed by atoms with E-state index in [2.05, 4.69) is 16.2 Å². The third kappa shape index (κ3) is 3.19. The summed E-state index contributed by atoms with van der Waals surface area (Å²) >= 11 is 0. The first-order valence-electron chi connectivity index (χ1n) is 6.66. The van der Waals surface area contributed by atoms with Gasteiger partial charge in [0.15, 0.2) is 0 Å². The van der Waals surface area contributed by atoms with Gasteiger partial charge in [-0.2, -0.15) is 0 Å². The first-order valence-corrected chi connectivity index (χ1v) is 6.66. The van der Waals surface area contributed by atoms with E-state index in [1.807, 2.05) is 37.4 Å². The Morgan fingerprint density at radius 2 is 2.25 bits per heavy atom. The summed E-state index contributed by atoms with van der Waals surface area (Å²) in [6.45, 7) is 1.87. The number of para-hydroxylation sites is 1. The summed E-state index contributed by atoms with van der Waals surface area (Å²) in [6.07, 6.45) is 8.13. The van der Waals surface area contributed by atoms with Gasteiger partial charge in [-0.15, -0.1) is 12.3 Å². The van der Waals surface area contributed by atoms with Crippen LogP contribution in [0.1, 0.15) is 18.9 Å². The Labute approximate surface area is 118 Å². The predicted octanol–water partition coefficient (Wildman–Crippen LogP) is 1.57. The molecule has 2 aromatic rings. The monoisotopic (exact) mass is 269 g/mol. The number of terminal acetylenes is 1. The van der Waals surface area contributed by atoms with Crippen LogP contribution in [0.3, 0.4) is 0 Å². The van der Waals surface area contributed by atoms with E-state index in [-0.39, 0.29) is 11.9 Å². The Morgan fingerprint density at radius 1 is 1.50 bits per heavy atom. The summed E-state index contributed by atoms with van der Waals surface area (Å²) in [5, 5.41) is 3.93. The molecule has 0 saturated carbocycles. The number of benzene rings is 1. The number of aromatic amines is 1. The Hall–Kier alpha value is -2.25. The number of hydrogen-bond donors (Lipinski definition) is 3. The molecule has 1 amide bonds. The summed E-state index contributed by atoms with van der Waals surface area (Å²) in [6, 6.07) is 7.33. The van der Waals surface area contributed by atoms with Gasteiger partial charge in [0.05, 0.1) is 6.04 Å². The second-order valence-electron chi connectivity index (χ2n) is 4.99. The fourth-order valence-electron chi connectivity index (χ4n) is 2.21. The Kier molecular flexibility index (Phi) is 4.44. The van der Waals surface area contributed by atoms with Gasteiger partial charge in [-0.3, -0.25) is 4.79 Å². The Balaban J connectivity index is 2.02. The van der Waals surface area contributed by atoms with Crippen LogP contribution in [0.5, 0.6) is 0 Å². The number of H-pyrrole nitrogens is 1. The highest BCUT2D eigenvalue weighted by Gasteiger charge is 2.17. The van der Waals surface area contributed by atoms with E-state index >= 15 is 0 Å². The maximum absolute atomic E-state index is 12.0. The Morgan fingerprint density at radius 3 is 3.00 bits per heavy atom. The van der Waals surface area contributed by atoms with Crippen molar-refractivity contribution < 1.29 is 4.79 Å². The lowest BCUT2D eigenvalue weighted by Gasteiger charge is -2.15. The van der Waals surface area contributed by atoms with Crippen LogP contribution in [-0.4, -0.2) is 23.0 Å². The largest absolute Gasteiger partial charge is 0.361 e. The number of carbonyl (C=O) groups excluding carboxylic acids is 1. The zero-order valence-corrected chi connectivity index (χ0v) is 11.5. The van der Waals surface area contributed by atoms with E-state index in [1.54, 1.807) is 0 Å². The number of fused-ring (bicyclic) bond motifs is 1. The molecule has 0 radical (unpaired) electrons. The summed E-state index contributed by atoms with van der Waals surface area (Å²) < 4.78 is 0. The number of carbonyl (C=O) groups is 1. The fourth-order valence-corrected chi connectivity index (χ4v) is 2.21. The first kappa shape index (κ1) is 14.2. The van der Waals surface area contributed by atoms with E-state index in [0.717, 1.165) is 16.5 Å². The molecule has 20 heavy (non-hydrogen) atoms. The van der Waals surface area contributed by atoms with Gasteiger partial charge < -0.3 is 16.0 Å². The zero-order chi connectivity index (χ0) is 14.5. The molecule has 1 heterocycles. The number of nitrogens with one attached hydrogen (secondary N) is 2. The molecule has 104 valence electrons. The van der Waals surface area contributed by atoms with Crippen molar-refractivity contribution in [3.05, 3.63) is 36.0 Å². The molecule has 1 aromatic carbocycles. The molecular formula is C16H19N3O. The first-order chi connectivity index (χ1) is 9.61. The second kappa shape index (κ2) is 6.27. The van der Waals surface area contributed by atoms with E-state index in [1.165, 1.54) is 0 Å². The molecule has 0 aliphatic carbocycles. The van der Waals surface area contributed by atoms with Gasteiger partial charge in [0.1, 0.15) is 0 Å². The van der Waals surface area contributed by atoms with Crippen molar-refractivity contribution in [3.63, 3.8) is 0 Å². The third-order valence-electron chi connectivity index (χ3n) is 3.26. The van der Waals surface area contributed by atoms with E-state index in [0.29, 0.717) is 12.8 Å². The third-order valence-corrected chi connectivity index (χ3v) is 3.26. The molecule has 0 saturated heterocycles. The second-order valence-corrected chi connectivity index (χ2v) is 4.99. The van der Waals surface area contributed by atoms with Crippen LogP contribution < -0.4 is 11.1 Å². The molecule has 0 aliphatic rings. The SMILES string of the molecule is C#CCC(C)NC(=O)C(N)Cc1c[nH]c2ccccc12. The highest BCUT2D eigenvalue weighted by molar-refractivity contribution is 5.86. The molecule has 4 N–H and O–H groups in total. The van der Waals surface area contributed by atoms with E-state index < -0.39 is 6.04 Å². The van der Waals surface area contributed by atoms with Gasteiger partial charge in [-0.1, -0.05) is 18.2 Å². The van der Waals surface area contributed by atoms with Crippen molar-refractivity contribution in [2.75, 3.05) is 0 Å². The predicted molar refractivity (Wildman–Crippen MR) is 81.0 cm³/mol. The van der Waals surface area contributed by atoms with Crippen molar-refractivity contribution in [3.8, 4) is 12.3 Å². The lowest BCUT2D eigenvalue weighted by molar-refractivity contribution is -0.122. The van der Waals surface area contributed by atoms with Crippen LogP contribution in [0.25, 0.3) is 10.9 Å². The summed E-state index contributed by atoms with van der Waals surface area (Å²) in [4.78, 5) is 15.2. The van der Waals surface area contributed by atoms with E-state index in [9.17, 15) is 4.79 Å². The van der Waals surface area contributed by atoms with Crippen molar-refractivity contribution in [1.82, 2.24) is 10.3 Å². The average molecular weight is 269 g/mol. The smallest absolute Gasteiger partial charge is 0.237 e. The minimum atomic E-state index is -0.575. The van der Waals surface area contributed by atoms with Crippen LogP contribution in [0.15, 0.2) is 30.5 Å². The molecule has 4 heteroatoms. The van der Waals surface area contributed by atoms with Crippen LogP contribution in [-0.2, 0) is 11.2 Å². The quantitative estimate of drug-likeness (QED) is 0.721. The van der Waals surface area contributed by atoms with Crippen LogP contribution >= 0.6 is 0 Å². The fraction of sp³-hybridized carbons (Fsp3) is 0.312. The number of hydrogen-bond acceptors (Lipinski definition) is 2. The minimum absolute atomic E-state index is 0.0541. The molecule has 0 bridgehead atoms. The molecule has 0 aliphatic heterocycles. The standard InChI is InChI=1S/C16H19N3O/c1-3-6-11(2)19-16(20)14(17)9-12-10-18-15-8-5-4-7-13(12)15/h1,4-5,7-8,10-11,14,18H,6,9,17H2,2H3,(H,19,20). The van der Waals surface area contributed by atoms with Gasteiger partial charge in [-0.25, -0.2) is 0 Å². The molecule has 2 unspecified atom stereocenters. The summed E-state index contributed by atoms with van der Waals surface area (Å²) in [5.74, 6) is 2.35. The molecule has 4 nitrogen and oxygen atoms in total. The summed E-state index contributed by atoms with van der Waals surface area (Å²) in [7, 11) is 0. The Bertz CT molecular complexity index is 638. The maximum atomic E-state index is 12.0. The molecule has 2 rings (SSSR count). The molecule has 1 aromatic heterocycles. The van der Waals surface area contributed by atoms with E-state index in [4.69, 9.17) is 12.2 Å². The van der Waals surface area contributed by atoms with Gasteiger partial charge in [0.25, 0.3) is 0 Å². The molecule has 0 fully saturated rings. The highest BCUT2D eigenvalue weighted by Crippen LogP contribution is 2.18. The number of nitrogens with two attached hydrogens (primary N) is 1. The van der Waals surface area contributed by atoms with Gasteiger partial charge in [0, 0.05) is 29.6 Å². The minimum Gasteiger partial charge on any atom is -0.361 e.